The molecule has 0 bridgehead atoms. The number of para-hydroxylation sites is 1. The molecule has 1 atom stereocenters. The zero-order valence-corrected chi connectivity index (χ0v) is 11.0. The molecule has 0 radical (unpaired) electrons. The van der Waals surface area contributed by atoms with E-state index in [1.54, 1.807) is 0 Å². The molecule has 0 heterocycles. The van der Waals surface area contributed by atoms with Gasteiger partial charge in [-0.3, -0.25) is 0 Å². The van der Waals surface area contributed by atoms with Crippen LogP contribution in [0.1, 0.15) is 13.3 Å². The first-order valence-corrected chi connectivity index (χ1v) is 7.23. The van der Waals surface area contributed by atoms with Crippen molar-refractivity contribution in [3.63, 3.8) is 0 Å². The summed E-state index contributed by atoms with van der Waals surface area (Å²) >= 11 is 1.89. The number of benzene rings is 1. The quantitative estimate of drug-likeness (QED) is 0.791. The highest BCUT2D eigenvalue weighted by Crippen LogP contribution is 2.18. The van der Waals surface area contributed by atoms with Crippen LogP contribution in [0.5, 0.6) is 0 Å². The molecule has 1 rings (SSSR count). The van der Waals surface area contributed by atoms with Gasteiger partial charge < -0.3 is 10.6 Å². The van der Waals surface area contributed by atoms with E-state index in [2.05, 4.69) is 48.4 Å². The smallest absolute Gasteiger partial charge is 0.0420 e. The van der Waals surface area contributed by atoms with Crippen LogP contribution in [-0.4, -0.2) is 31.1 Å². The summed E-state index contributed by atoms with van der Waals surface area (Å²) in [6.07, 6.45) is 3.30. The molecule has 2 nitrogen and oxygen atoms in total. The summed E-state index contributed by atoms with van der Waals surface area (Å²) < 4.78 is 0. The Balaban J connectivity index is 2.71. The van der Waals surface area contributed by atoms with Gasteiger partial charge in [0, 0.05) is 24.8 Å². The second kappa shape index (κ2) is 7.58. The van der Waals surface area contributed by atoms with Crippen LogP contribution < -0.4 is 10.6 Å². The third-order valence-corrected chi connectivity index (χ3v) is 3.44. The number of nitrogens with two attached hydrogens (primary N) is 1. The maximum Gasteiger partial charge on any atom is 0.0420 e. The van der Waals surface area contributed by atoms with E-state index >= 15 is 0 Å². The molecule has 1 aromatic rings. The lowest BCUT2D eigenvalue weighted by Crippen LogP contribution is -2.41. The first kappa shape index (κ1) is 13.4. The highest BCUT2D eigenvalue weighted by atomic mass is 32.2. The minimum atomic E-state index is 0.458. The molecule has 0 spiro atoms. The fourth-order valence-electron chi connectivity index (χ4n) is 1.93. The molecule has 16 heavy (non-hydrogen) atoms. The maximum absolute atomic E-state index is 5.88. The Kier molecular flexibility index (Phi) is 6.34. The lowest BCUT2D eigenvalue weighted by molar-refractivity contribution is 0.595. The van der Waals surface area contributed by atoms with E-state index in [0.29, 0.717) is 6.04 Å². The molecule has 0 aromatic heterocycles. The monoisotopic (exact) mass is 238 g/mol. The SMILES string of the molecule is CCN(c1ccccc1)C(CN)CCSC. The average Bonchev–Trinajstić information content (AvgIpc) is 2.35. The Bertz CT molecular complexity index is 277. The molecule has 1 unspecified atom stereocenters. The molecule has 1 aromatic carbocycles. The van der Waals surface area contributed by atoms with Crippen LogP contribution in [0.4, 0.5) is 5.69 Å². The standard InChI is InChI=1S/C13H22N2S/c1-3-15(12-7-5-4-6-8-12)13(11-14)9-10-16-2/h4-8,13H,3,9-11,14H2,1-2H3. The summed E-state index contributed by atoms with van der Waals surface area (Å²) in [7, 11) is 0. The van der Waals surface area contributed by atoms with Crippen molar-refractivity contribution in [1.82, 2.24) is 0 Å². The summed E-state index contributed by atoms with van der Waals surface area (Å²) in [5.74, 6) is 1.17. The number of rotatable bonds is 7. The molecule has 0 aliphatic carbocycles. The van der Waals surface area contributed by atoms with E-state index in [1.807, 2.05) is 11.8 Å². The van der Waals surface area contributed by atoms with Crippen LogP contribution in [0.3, 0.4) is 0 Å². The topological polar surface area (TPSA) is 29.3 Å². The number of anilines is 1. The zero-order valence-electron chi connectivity index (χ0n) is 10.2. The first-order valence-electron chi connectivity index (χ1n) is 5.84. The maximum atomic E-state index is 5.88. The lowest BCUT2D eigenvalue weighted by atomic mass is 10.1. The van der Waals surface area contributed by atoms with Crippen LogP contribution in [0.15, 0.2) is 30.3 Å². The number of likely N-dealkylation sites (N-methyl/N-ethyl adjacent to an activating group) is 1. The van der Waals surface area contributed by atoms with Crippen LogP contribution >= 0.6 is 11.8 Å². The van der Waals surface area contributed by atoms with Gasteiger partial charge in [0.25, 0.3) is 0 Å². The number of nitrogens with zero attached hydrogens (tertiary/aromatic N) is 1. The Morgan fingerprint density at radius 3 is 2.50 bits per heavy atom. The molecular weight excluding hydrogens is 216 g/mol. The Labute approximate surface area is 103 Å². The van der Waals surface area contributed by atoms with Gasteiger partial charge >= 0.3 is 0 Å². The molecule has 3 heteroatoms. The molecule has 0 fully saturated rings. The van der Waals surface area contributed by atoms with Crippen LogP contribution in [0, 0.1) is 0 Å². The normalized spacial score (nSPS) is 12.4. The van der Waals surface area contributed by atoms with E-state index in [1.165, 1.54) is 11.4 Å². The molecule has 0 saturated heterocycles. The number of hydrogen-bond acceptors (Lipinski definition) is 3. The van der Waals surface area contributed by atoms with E-state index in [0.717, 1.165) is 19.5 Å². The fraction of sp³-hybridized carbons (Fsp3) is 0.538. The Morgan fingerprint density at radius 2 is 2.00 bits per heavy atom. The molecular formula is C13H22N2S. The molecule has 90 valence electrons. The van der Waals surface area contributed by atoms with Crippen molar-refractivity contribution < 1.29 is 0 Å². The molecule has 0 aliphatic heterocycles. The predicted octanol–water partition coefficient (Wildman–Crippen LogP) is 2.59. The second-order valence-electron chi connectivity index (χ2n) is 3.79. The molecule has 2 N–H and O–H groups in total. The molecule has 0 aliphatic rings. The predicted molar refractivity (Wildman–Crippen MR) is 75.3 cm³/mol. The van der Waals surface area contributed by atoms with Crippen LogP contribution in [-0.2, 0) is 0 Å². The van der Waals surface area contributed by atoms with Crippen molar-refractivity contribution in [2.24, 2.45) is 5.73 Å². The van der Waals surface area contributed by atoms with Gasteiger partial charge in [-0.1, -0.05) is 18.2 Å². The highest BCUT2D eigenvalue weighted by molar-refractivity contribution is 7.98. The lowest BCUT2D eigenvalue weighted by Gasteiger charge is -2.32. The fourth-order valence-corrected chi connectivity index (χ4v) is 2.43. The van der Waals surface area contributed by atoms with E-state index < -0.39 is 0 Å². The second-order valence-corrected chi connectivity index (χ2v) is 4.78. The van der Waals surface area contributed by atoms with Crippen molar-refractivity contribution >= 4 is 17.4 Å². The third kappa shape index (κ3) is 3.72. The van der Waals surface area contributed by atoms with Gasteiger partial charge in [-0.25, -0.2) is 0 Å². The first-order chi connectivity index (χ1) is 7.83. The average molecular weight is 238 g/mol. The van der Waals surface area contributed by atoms with Crippen LogP contribution in [0.2, 0.25) is 0 Å². The minimum absolute atomic E-state index is 0.458. The van der Waals surface area contributed by atoms with Crippen molar-refractivity contribution in [2.75, 3.05) is 30.0 Å². The van der Waals surface area contributed by atoms with Crippen molar-refractivity contribution in [1.29, 1.82) is 0 Å². The van der Waals surface area contributed by atoms with Crippen LogP contribution in [0.25, 0.3) is 0 Å². The summed E-state index contributed by atoms with van der Waals surface area (Å²) in [5, 5.41) is 0. The van der Waals surface area contributed by atoms with Gasteiger partial charge in [0.1, 0.15) is 0 Å². The summed E-state index contributed by atoms with van der Waals surface area (Å²) in [4.78, 5) is 2.40. The van der Waals surface area contributed by atoms with E-state index in [-0.39, 0.29) is 0 Å². The largest absolute Gasteiger partial charge is 0.368 e. The van der Waals surface area contributed by atoms with Crippen molar-refractivity contribution in [3.8, 4) is 0 Å². The van der Waals surface area contributed by atoms with Gasteiger partial charge in [0.15, 0.2) is 0 Å². The van der Waals surface area contributed by atoms with E-state index in [9.17, 15) is 0 Å². The van der Waals surface area contributed by atoms with Gasteiger partial charge in [0.05, 0.1) is 0 Å². The minimum Gasteiger partial charge on any atom is -0.368 e. The van der Waals surface area contributed by atoms with E-state index in [4.69, 9.17) is 5.73 Å². The summed E-state index contributed by atoms with van der Waals surface area (Å²) in [6, 6.07) is 11.0. The summed E-state index contributed by atoms with van der Waals surface area (Å²) in [6.45, 7) is 3.93. The van der Waals surface area contributed by atoms with Gasteiger partial charge in [-0.2, -0.15) is 11.8 Å². The van der Waals surface area contributed by atoms with Crippen molar-refractivity contribution in [2.45, 2.75) is 19.4 Å². The number of hydrogen-bond donors (Lipinski definition) is 1. The molecule has 0 amide bonds. The van der Waals surface area contributed by atoms with Gasteiger partial charge in [-0.15, -0.1) is 0 Å². The zero-order chi connectivity index (χ0) is 11.8. The Hall–Kier alpha value is -0.670. The van der Waals surface area contributed by atoms with Crippen molar-refractivity contribution in [3.05, 3.63) is 30.3 Å². The summed E-state index contributed by atoms with van der Waals surface area (Å²) in [5.41, 5.74) is 7.16. The molecule has 0 saturated carbocycles. The third-order valence-electron chi connectivity index (χ3n) is 2.80. The highest BCUT2D eigenvalue weighted by Gasteiger charge is 2.15. The number of thioether (sulfide) groups is 1. The van der Waals surface area contributed by atoms with Gasteiger partial charge in [0.2, 0.25) is 0 Å². The van der Waals surface area contributed by atoms with Gasteiger partial charge in [-0.05, 0) is 37.5 Å². The Morgan fingerprint density at radius 1 is 1.31 bits per heavy atom.